The number of hydrogen-bond donors (Lipinski definition) is 0. The number of ether oxygens (including phenoxy) is 1. The number of hydrogen-bond acceptors (Lipinski definition) is 5. The summed E-state index contributed by atoms with van der Waals surface area (Å²) < 4.78 is 86.9. The van der Waals surface area contributed by atoms with Crippen molar-refractivity contribution in [3.63, 3.8) is 0 Å². The summed E-state index contributed by atoms with van der Waals surface area (Å²) in [7, 11) is 0. The molecule has 1 aliphatic rings. The first-order valence-electron chi connectivity index (χ1n) is 9.58. The Kier molecular flexibility index (Phi) is 5.72. The van der Waals surface area contributed by atoms with Gasteiger partial charge in [0.25, 0.3) is 11.8 Å². The smallest absolute Gasteiger partial charge is 0.417 e. The minimum absolute atomic E-state index is 0.0377. The van der Waals surface area contributed by atoms with Crippen molar-refractivity contribution in [1.82, 2.24) is 24.9 Å². The number of nitrogens with zero attached hydrogens (tertiary/aromatic N) is 5. The summed E-state index contributed by atoms with van der Waals surface area (Å²) in [5.74, 6) is -5.68. The predicted molar refractivity (Wildman–Crippen MR) is 100 cm³/mol. The van der Waals surface area contributed by atoms with Crippen LogP contribution in [0.1, 0.15) is 22.3 Å². The number of likely N-dealkylation sites (tertiary alicyclic amines) is 1. The molecule has 0 aliphatic carbocycles. The first-order chi connectivity index (χ1) is 15.6. The Morgan fingerprint density at radius 2 is 1.88 bits per heavy atom. The fourth-order valence-electron chi connectivity index (χ4n) is 3.45. The molecule has 174 valence electrons. The zero-order valence-electron chi connectivity index (χ0n) is 16.6. The SMILES string of the molecule is O=C(c1c(F)cccc1-n1nccn1)N1CCC(F)(F)[C@H]1COc1ccc(C(F)(F)F)cn1. The molecule has 1 atom stereocenters. The lowest BCUT2D eigenvalue weighted by atomic mass is 10.1. The summed E-state index contributed by atoms with van der Waals surface area (Å²) in [4.78, 5) is 18.4. The number of pyridine rings is 1. The number of aromatic nitrogens is 4. The van der Waals surface area contributed by atoms with E-state index in [1.165, 1.54) is 24.5 Å². The van der Waals surface area contributed by atoms with Crippen LogP contribution in [0.15, 0.2) is 48.9 Å². The van der Waals surface area contributed by atoms with Gasteiger partial charge in [0, 0.05) is 25.2 Å². The van der Waals surface area contributed by atoms with E-state index in [0.717, 1.165) is 21.8 Å². The Morgan fingerprint density at radius 3 is 2.52 bits per heavy atom. The standard InChI is InChI=1S/C20H15F6N5O2/c21-13-2-1-3-14(31-28-7-8-29-31)17(13)18(32)30-9-6-19(22,23)15(30)11-33-16-5-4-12(10-27-16)20(24,25)26/h1-5,7-8,10,15H,6,9,11H2/t15-/m1/s1. The summed E-state index contributed by atoms with van der Waals surface area (Å²) in [5.41, 5.74) is -1.56. The highest BCUT2D eigenvalue weighted by Crippen LogP contribution is 2.36. The van der Waals surface area contributed by atoms with Crippen LogP contribution in [-0.2, 0) is 6.18 Å². The molecule has 0 spiro atoms. The van der Waals surface area contributed by atoms with E-state index in [1.54, 1.807) is 0 Å². The Bertz CT molecular complexity index is 1130. The van der Waals surface area contributed by atoms with E-state index in [-0.39, 0.29) is 18.1 Å². The Hall–Kier alpha value is -3.64. The minimum Gasteiger partial charge on any atom is -0.475 e. The maximum Gasteiger partial charge on any atom is 0.417 e. The molecule has 0 saturated carbocycles. The molecule has 0 N–H and O–H groups in total. The van der Waals surface area contributed by atoms with E-state index in [9.17, 15) is 31.1 Å². The number of carbonyl (C=O) groups excluding carboxylic acids is 1. The van der Waals surface area contributed by atoms with E-state index in [4.69, 9.17) is 4.74 Å². The molecule has 33 heavy (non-hydrogen) atoms. The Labute approximate surface area is 182 Å². The maximum atomic E-state index is 14.6. The van der Waals surface area contributed by atoms with Gasteiger partial charge in [-0.25, -0.2) is 18.2 Å². The highest BCUT2D eigenvalue weighted by molar-refractivity contribution is 5.98. The van der Waals surface area contributed by atoms with Crippen LogP contribution in [0.4, 0.5) is 26.3 Å². The van der Waals surface area contributed by atoms with Gasteiger partial charge in [0.2, 0.25) is 5.88 Å². The summed E-state index contributed by atoms with van der Waals surface area (Å²) in [6.45, 7) is -1.15. The van der Waals surface area contributed by atoms with Crippen molar-refractivity contribution in [1.29, 1.82) is 0 Å². The molecule has 1 amide bonds. The van der Waals surface area contributed by atoms with Crippen molar-refractivity contribution < 1.29 is 35.9 Å². The van der Waals surface area contributed by atoms with Crippen LogP contribution in [0.3, 0.4) is 0 Å². The van der Waals surface area contributed by atoms with E-state index < -0.39 is 54.0 Å². The van der Waals surface area contributed by atoms with Gasteiger partial charge in [-0.1, -0.05) is 6.07 Å². The second-order valence-corrected chi connectivity index (χ2v) is 7.17. The normalized spacial score (nSPS) is 17.9. The number of carbonyl (C=O) groups is 1. The molecule has 1 saturated heterocycles. The van der Waals surface area contributed by atoms with Gasteiger partial charge in [0.15, 0.2) is 0 Å². The summed E-state index contributed by atoms with van der Waals surface area (Å²) in [6.07, 6.45) is -2.20. The number of benzene rings is 1. The third-order valence-corrected chi connectivity index (χ3v) is 5.10. The maximum absolute atomic E-state index is 14.6. The molecule has 3 aromatic rings. The van der Waals surface area contributed by atoms with Crippen LogP contribution in [-0.4, -0.2) is 55.9 Å². The molecule has 1 aromatic carbocycles. The lowest BCUT2D eigenvalue weighted by molar-refractivity contribution is -0.137. The third-order valence-electron chi connectivity index (χ3n) is 5.10. The van der Waals surface area contributed by atoms with Crippen LogP contribution in [0.2, 0.25) is 0 Å². The molecule has 1 aliphatic heterocycles. The minimum atomic E-state index is -4.62. The van der Waals surface area contributed by atoms with Gasteiger partial charge in [-0.15, -0.1) is 0 Å². The van der Waals surface area contributed by atoms with Gasteiger partial charge >= 0.3 is 6.18 Å². The third kappa shape index (κ3) is 4.47. The Morgan fingerprint density at radius 1 is 1.15 bits per heavy atom. The largest absolute Gasteiger partial charge is 0.475 e. The molecule has 4 rings (SSSR count). The van der Waals surface area contributed by atoms with Gasteiger partial charge in [-0.2, -0.15) is 28.2 Å². The Balaban J connectivity index is 1.58. The van der Waals surface area contributed by atoms with Crippen molar-refractivity contribution in [2.75, 3.05) is 13.2 Å². The fourth-order valence-corrected chi connectivity index (χ4v) is 3.45. The summed E-state index contributed by atoms with van der Waals surface area (Å²) >= 11 is 0. The second kappa shape index (κ2) is 8.37. The van der Waals surface area contributed by atoms with Crippen molar-refractivity contribution >= 4 is 5.91 Å². The molecule has 0 bridgehead atoms. The van der Waals surface area contributed by atoms with Crippen LogP contribution in [0.5, 0.6) is 5.88 Å². The van der Waals surface area contributed by atoms with Gasteiger partial charge in [-0.3, -0.25) is 4.79 Å². The first-order valence-corrected chi connectivity index (χ1v) is 9.58. The van der Waals surface area contributed by atoms with Crippen LogP contribution >= 0.6 is 0 Å². The summed E-state index contributed by atoms with van der Waals surface area (Å²) in [5, 5.41) is 7.70. The number of amides is 1. The van der Waals surface area contributed by atoms with Gasteiger partial charge in [0.1, 0.15) is 29.7 Å². The molecule has 0 radical (unpaired) electrons. The highest BCUT2D eigenvalue weighted by Gasteiger charge is 2.52. The van der Waals surface area contributed by atoms with Crippen molar-refractivity contribution in [2.45, 2.75) is 24.6 Å². The lowest BCUT2D eigenvalue weighted by Gasteiger charge is -2.28. The average molecular weight is 471 g/mol. The lowest BCUT2D eigenvalue weighted by Crippen LogP contribution is -2.46. The van der Waals surface area contributed by atoms with Crippen molar-refractivity contribution in [2.24, 2.45) is 0 Å². The monoisotopic (exact) mass is 471 g/mol. The first kappa shape index (κ1) is 22.6. The van der Waals surface area contributed by atoms with Gasteiger partial charge in [-0.05, 0) is 18.2 Å². The number of rotatable bonds is 5. The fraction of sp³-hybridized carbons (Fsp3) is 0.300. The molecule has 1 fully saturated rings. The molecular formula is C20H15F6N5O2. The van der Waals surface area contributed by atoms with Crippen molar-refractivity contribution in [3.05, 3.63) is 65.9 Å². The van der Waals surface area contributed by atoms with Crippen LogP contribution < -0.4 is 4.74 Å². The molecule has 2 aromatic heterocycles. The average Bonchev–Trinajstić information content (AvgIpc) is 3.39. The zero-order chi connectivity index (χ0) is 23.8. The van der Waals surface area contributed by atoms with Crippen molar-refractivity contribution in [3.8, 4) is 11.6 Å². The van der Waals surface area contributed by atoms with Crippen LogP contribution in [0, 0.1) is 5.82 Å². The van der Waals surface area contributed by atoms with Crippen LogP contribution in [0.25, 0.3) is 5.69 Å². The van der Waals surface area contributed by atoms with Gasteiger partial charge < -0.3 is 9.64 Å². The zero-order valence-corrected chi connectivity index (χ0v) is 16.6. The number of alkyl halides is 5. The number of halogens is 6. The molecular weight excluding hydrogens is 456 g/mol. The molecule has 13 heteroatoms. The van der Waals surface area contributed by atoms with E-state index >= 15 is 0 Å². The van der Waals surface area contributed by atoms with Gasteiger partial charge in [0.05, 0.1) is 18.0 Å². The van der Waals surface area contributed by atoms with E-state index in [1.807, 2.05) is 0 Å². The second-order valence-electron chi connectivity index (χ2n) is 7.17. The van der Waals surface area contributed by atoms with E-state index in [0.29, 0.717) is 12.3 Å². The molecule has 0 unspecified atom stereocenters. The summed E-state index contributed by atoms with van der Waals surface area (Å²) in [6, 6.07) is 3.47. The highest BCUT2D eigenvalue weighted by atomic mass is 19.4. The quantitative estimate of drug-likeness (QED) is 0.530. The topological polar surface area (TPSA) is 73.1 Å². The molecule has 3 heterocycles. The van der Waals surface area contributed by atoms with E-state index in [2.05, 4.69) is 15.2 Å². The molecule has 7 nitrogen and oxygen atoms in total. The predicted octanol–water partition coefficient (Wildman–Crippen LogP) is 3.75.